The zero-order valence-electron chi connectivity index (χ0n) is 15.9. The van der Waals surface area contributed by atoms with Gasteiger partial charge in [0.2, 0.25) is 5.91 Å². The molecule has 1 N–H and O–H groups in total. The lowest BCUT2D eigenvalue weighted by Crippen LogP contribution is -2.44. The van der Waals surface area contributed by atoms with Gasteiger partial charge in [-0.25, -0.2) is 4.98 Å². The van der Waals surface area contributed by atoms with Crippen LogP contribution in [0.5, 0.6) is 0 Å². The largest absolute Gasteiger partial charge is 0.365 e. The number of anilines is 1. The highest BCUT2D eigenvalue weighted by molar-refractivity contribution is 5.95. The van der Waals surface area contributed by atoms with Crippen molar-refractivity contribution in [1.29, 1.82) is 0 Å². The number of rotatable bonds is 3. The maximum Gasteiger partial charge on any atom is 0.255 e. The maximum atomic E-state index is 12.9. The van der Waals surface area contributed by atoms with Crippen LogP contribution in [0.1, 0.15) is 55.5 Å². The number of nitrogens with one attached hydrogen (secondary N) is 1. The van der Waals surface area contributed by atoms with Crippen molar-refractivity contribution in [3.63, 3.8) is 0 Å². The lowest BCUT2D eigenvalue weighted by Gasteiger charge is -2.32. The molecule has 0 bridgehead atoms. The SMILES string of the molecule is CN(C(=O)C1CCC1)[C@H]1CCN(C(=O)c2cnc3c(c2)CC(C)(C)N3)C1. The van der Waals surface area contributed by atoms with Gasteiger partial charge in [0.25, 0.3) is 5.91 Å². The average molecular weight is 356 g/mol. The van der Waals surface area contributed by atoms with Gasteiger partial charge in [0.05, 0.1) is 11.6 Å². The Morgan fingerprint density at radius 1 is 1.31 bits per heavy atom. The zero-order chi connectivity index (χ0) is 18.5. The molecule has 1 aromatic rings. The van der Waals surface area contributed by atoms with Crippen molar-refractivity contribution in [3.05, 3.63) is 23.4 Å². The number of pyridine rings is 1. The van der Waals surface area contributed by atoms with Gasteiger partial charge in [-0.1, -0.05) is 6.42 Å². The van der Waals surface area contributed by atoms with Crippen molar-refractivity contribution in [1.82, 2.24) is 14.8 Å². The quantitative estimate of drug-likeness (QED) is 0.902. The van der Waals surface area contributed by atoms with Crippen molar-refractivity contribution >= 4 is 17.6 Å². The molecule has 0 unspecified atom stereocenters. The lowest BCUT2D eigenvalue weighted by atomic mass is 9.84. The number of hydrogen-bond acceptors (Lipinski definition) is 4. The van der Waals surface area contributed by atoms with E-state index in [1.165, 1.54) is 0 Å². The molecule has 0 aromatic carbocycles. The van der Waals surface area contributed by atoms with E-state index < -0.39 is 0 Å². The molecule has 3 heterocycles. The molecule has 1 aliphatic carbocycles. The van der Waals surface area contributed by atoms with Crippen LogP contribution in [-0.2, 0) is 11.2 Å². The predicted octanol–water partition coefficient (Wildman–Crippen LogP) is 2.30. The smallest absolute Gasteiger partial charge is 0.255 e. The second-order valence-electron chi connectivity index (χ2n) is 8.69. The number of amides is 2. The van der Waals surface area contributed by atoms with Crippen LogP contribution in [0.25, 0.3) is 0 Å². The first kappa shape index (κ1) is 17.3. The lowest BCUT2D eigenvalue weighted by molar-refractivity contribution is -0.138. The predicted molar refractivity (Wildman–Crippen MR) is 100 cm³/mol. The number of fused-ring (bicyclic) bond motifs is 1. The van der Waals surface area contributed by atoms with E-state index in [4.69, 9.17) is 0 Å². The molecule has 1 atom stereocenters. The van der Waals surface area contributed by atoms with Gasteiger partial charge in [0.15, 0.2) is 0 Å². The van der Waals surface area contributed by atoms with E-state index in [1.807, 2.05) is 22.9 Å². The summed E-state index contributed by atoms with van der Waals surface area (Å²) in [6.07, 6.45) is 6.60. The second-order valence-corrected chi connectivity index (χ2v) is 8.69. The van der Waals surface area contributed by atoms with E-state index in [0.717, 1.165) is 43.5 Å². The highest BCUT2D eigenvalue weighted by Crippen LogP contribution is 2.32. The molecular weight excluding hydrogens is 328 g/mol. The maximum absolute atomic E-state index is 12.9. The van der Waals surface area contributed by atoms with Crippen LogP contribution in [0.2, 0.25) is 0 Å². The van der Waals surface area contributed by atoms with Crippen molar-refractivity contribution in [3.8, 4) is 0 Å². The third kappa shape index (κ3) is 3.06. The Morgan fingerprint density at radius 3 is 2.77 bits per heavy atom. The summed E-state index contributed by atoms with van der Waals surface area (Å²) in [6.45, 7) is 5.59. The van der Waals surface area contributed by atoms with Gasteiger partial charge in [-0.3, -0.25) is 9.59 Å². The van der Waals surface area contributed by atoms with E-state index in [9.17, 15) is 9.59 Å². The number of likely N-dealkylation sites (N-methyl/N-ethyl adjacent to an activating group) is 1. The van der Waals surface area contributed by atoms with Gasteiger partial charge in [0.1, 0.15) is 5.82 Å². The van der Waals surface area contributed by atoms with Crippen LogP contribution in [0.15, 0.2) is 12.3 Å². The molecule has 1 saturated carbocycles. The monoisotopic (exact) mass is 356 g/mol. The number of nitrogens with zero attached hydrogens (tertiary/aromatic N) is 3. The Hall–Kier alpha value is -2.11. The van der Waals surface area contributed by atoms with Gasteiger partial charge in [-0.2, -0.15) is 0 Å². The summed E-state index contributed by atoms with van der Waals surface area (Å²) < 4.78 is 0. The van der Waals surface area contributed by atoms with E-state index in [-0.39, 0.29) is 29.3 Å². The normalized spacial score (nSPS) is 24.0. The first-order valence-electron chi connectivity index (χ1n) is 9.67. The zero-order valence-corrected chi connectivity index (χ0v) is 15.9. The van der Waals surface area contributed by atoms with Crippen molar-refractivity contribution in [2.45, 2.75) is 57.5 Å². The minimum atomic E-state index is -0.0135. The molecule has 2 aliphatic heterocycles. The number of aromatic nitrogens is 1. The fourth-order valence-electron chi connectivity index (χ4n) is 4.26. The molecule has 1 saturated heterocycles. The minimum absolute atomic E-state index is 0.0135. The fourth-order valence-corrected chi connectivity index (χ4v) is 4.26. The molecule has 2 fully saturated rings. The van der Waals surface area contributed by atoms with E-state index in [0.29, 0.717) is 18.7 Å². The Balaban J connectivity index is 1.41. The van der Waals surface area contributed by atoms with Gasteiger partial charge >= 0.3 is 0 Å². The molecule has 4 rings (SSSR count). The summed E-state index contributed by atoms with van der Waals surface area (Å²) in [4.78, 5) is 33.6. The third-order valence-electron chi connectivity index (χ3n) is 6.10. The van der Waals surface area contributed by atoms with Gasteiger partial charge in [-0.05, 0) is 51.2 Å². The van der Waals surface area contributed by atoms with Crippen LogP contribution >= 0.6 is 0 Å². The van der Waals surface area contributed by atoms with Gasteiger partial charge in [0, 0.05) is 37.8 Å². The fraction of sp³-hybridized carbons (Fsp3) is 0.650. The number of carbonyl (C=O) groups excluding carboxylic acids is 2. The molecule has 1 aromatic heterocycles. The first-order chi connectivity index (χ1) is 12.3. The van der Waals surface area contributed by atoms with Crippen molar-refractivity contribution in [2.24, 2.45) is 5.92 Å². The van der Waals surface area contributed by atoms with E-state index in [2.05, 4.69) is 24.1 Å². The standard InChI is InChI=1S/C20H28N4O2/c1-20(2)10-14-9-15(11-21-17(14)22-20)19(26)24-8-7-16(12-24)23(3)18(25)13-5-4-6-13/h9,11,13,16H,4-8,10,12H2,1-3H3,(H,21,22)/t16-/m0/s1. The molecule has 6 nitrogen and oxygen atoms in total. The van der Waals surface area contributed by atoms with Crippen molar-refractivity contribution in [2.75, 3.05) is 25.5 Å². The second kappa shape index (κ2) is 6.25. The highest BCUT2D eigenvalue weighted by Gasteiger charge is 2.36. The molecule has 6 heteroatoms. The summed E-state index contributed by atoms with van der Waals surface area (Å²) in [5.74, 6) is 1.37. The average Bonchev–Trinajstić information content (AvgIpc) is 3.13. The topological polar surface area (TPSA) is 65.5 Å². The van der Waals surface area contributed by atoms with Crippen LogP contribution in [0.3, 0.4) is 0 Å². The van der Waals surface area contributed by atoms with Gasteiger partial charge in [-0.15, -0.1) is 0 Å². The number of hydrogen-bond donors (Lipinski definition) is 1. The molecule has 140 valence electrons. The summed E-state index contributed by atoms with van der Waals surface area (Å²) in [7, 11) is 1.89. The molecule has 2 amide bonds. The van der Waals surface area contributed by atoms with Crippen LogP contribution < -0.4 is 5.32 Å². The molecule has 26 heavy (non-hydrogen) atoms. The summed E-state index contributed by atoms with van der Waals surface area (Å²) in [6, 6.07) is 2.11. The Labute approximate surface area is 155 Å². The third-order valence-corrected chi connectivity index (χ3v) is 6.10. The summed E-state index contributed by atoms with van der Waals surface area (Å²) >= 11 is 0. The molecule has 3 aliphatic rings. The number of carbonyl (C=O) groups is 2. The van der Waals surface area contributed by atoms with Gasteiger partial charge < -0.3 is 15.1 Å². The first-order valence-corrected chi connectivity index (χ1v) is 9.67. The summed E-state index contributed by atoms with van der Waals surface area (Å²) in [5.41, 5.74) is 1.74. The molecule has 0 spiro atoms. The van der Waals surface area contributed by atoms with Crippen LogP contribution in [0.4, 0.5) is 5.82 Å². The molecular formula is C20H28N4O2. The van der Waals surface area contributed by atoms with Crippen LogP contribution in [-0.4, -0.2) is 58.3 Å². The van der Waals surface area contributed by atoms with E-state index in [1.54, 1.807) is 6.20 Å². The Kier molecular flexibility index (Phi) is 4.16. The highest BCUT2D eigenvalue weighted by atomic mass is 16.2. The summed E-state index contributed by atoms with van der Waals surface area (Å²) in [5, 5.41) is 3.39. The Bertz CT molecular complexity index is 741. The molecule has 0 radical (unpaired) electrons. The minimum Gasteiger partial charge on any atom is -0.365 e. The number of likely N-dealkylation sites (tertiary alicyclic amines) is 1. The van der Waals surface area contributed by atoms with Crippen molar-refractivity contribution < 1.29 is 9.59 Å². The Morgan fingerprint density at radius 2 is 2.08 bits per heavy atom. The van der Waals surface area contributed by atoms with Crippen LogP contribution in [0, 0.1) is 5.92 Å². The van der Waals surface area contributed by atoms with E-state index >= 15 is 0 Å².